The number of nitrogen functional groups attached to an aromatic ring is 1. The molecule has 136 valence electrons. The maximum atomic E-state index is 6.14. The molecule has 1 aromatic heterocycles. The molecule has 0 atom stereocenters. The lowest BCUT2D eigenvalue weighted by molar-refractivity contribution is 0.483. The lowest BCUT2D eigenvalue weighted by atomic mass is 10.2. The summed E-state index contributed by atoms with van der Waals surface area (Å²) in [4.78, 5) is 8.98. The number of anilines is 1. The molecular weight excluding hydrogens is 405 g/mol. The van der Waals surface area contributed by atoms with Gasteiger partial charge in [-0.25, -0.2) is 9.97 Å². The zero-order valence-electron chi connectivity index (χ0n) is 13.9. The summed E-state index contributed by atoms with van der Waals surface area (Å²) in [6.45, 7) is 0. The maximum absolute atomic E-state index is 6.14. The van der Waals surface area contributed by atoms with Crippen LogP contribution in [0.5, 0.6) is 11.5 Å². The van der Waals surface area contributed by atoms with Crippen molar-refractivity contribution in [2.75, 3.05) is 5.73 Å². The summed E-state index contributed by atoms with van der Waals surface area (Å²) in [7, 11) is 0. The Kier molecular flexibility index (Phi) is 5.71. The molecule has 0 saturated carbocycles. The number of nitrogens with two attached hydrogens (primary N) is 1. The molecule has 0 unspecified atom stereocenters. The van der Waals surface area contributed by atoms with E-state index >= 15 is 0 Å². The molecule has 0 spiro atoms. The van der Waals surface area contributed by atoms with Crippen molar-refractivity contribution in [2.45, 2.75) is 0 Å². The van der Waals surface area contributed by atoms with Gasteiger partial charge < -0.3 is 10.5 Å². The Morgan fingerprint density at radius 2 is 1.59 bits per heavy atom. The van der Waals surface area contributed by atoms with Crippen LogP contribution in [-0.2, 0) is 0 Å². The van der Waals surface area contributed by atoms with Crippen LogP contribution in [0, 0.1) is 0 Å². The van der Waals surface area contributed by atoms with E-state index in [0.717, 1.165) is 16.5 Å². The minimum absolute atomic E-state index is 0. The summed E-state index contributed by atoms with van der Waals surface area (Å²) in [6, 6.07) is 20.2. The third-order valence-electron chi connectivity index (χ3n) is 3.87. The number of para-hydroxylation sites is 1. The minimum atomic E-state index is 0. The quantitative estimate of drug-likeness (QED) is 0.418. The molecule has 0 saturated heterocycles. The van der Waals surface area contributed by atoms with Crippen LogP contribution in [0.4, 0.5) is 5.82 Å². The van der Waals surface area contributed by atoms with E-state index in [9.17, 15) is 0 Å². The summed E-state index contributed by atoms with van der Waals surface area (Å²) in [5, 5.41) is 1.85. The highest BCUT2D eigenvalue weighted by molar-refractivity contribution is 6.35. The van der Waals surface area contributed by atoms with Gasteiger partial charge in [0.2, 0.25) is 0 Å². The summed E-state index contributed by atoms with van der Waals surface area (Å²) in [5.74, 6) is 2.21. The monoisotopic (exact) mass is 417 g/mol. The molecule has 4 nitrogen and oxygen atoms in total. The van der Waals surface area contributed by atoms with Gasteiger partial charge in [0.25, 0.3) is 0 Å². The van der Waals surface area contributed by atoms with Crippen molar-refractivity contribution < 1.29 is 4.74 Å². The lowest BCUT2D eigenvalue weighted by Crippen LogP contribution is -1.97. The fourth-order valence-corrected chi connectivity index (χ4v) is 3.03. The molecule has 4 aromatic rings. The third kappa shape index (κ3) is 4.08. The number of hydrogen-bond donors (Lipinski definition) is 1. The molecule has 0 aliphatic rings. The van der Waals surface area contributed by atoms with E-state index in [1.54, 1.807) is 18.2 Å². The van der Waals surface area contributed by atoms with Gasteiger partial charge in [-0.1, -0.05) is 35.3 Å². The van der Waals surface area contributed by atoms with E-state index in [0.29, 0.717) is 33.2 Å². The van der Waals surface area contributed by atoms with Gasteiger partial charge in [0.1, 0.15) is 17.3 Å². The van der Waals surface area contributed by atoms with Crippen molar-refractivity contribution in [1.82, 2.24) is 9.97 Å². The molecule has 27 heavy (non-hydrogen) atoms. The van der Waals surface area contributed by atoms with Crippen LogP contribution in [-0.4, -0.2) is 9.97 Å². The third-order valence-corrected chi connectivity index (χ3v) is 4.40. The predicted molar refractivity (Wildman–Crippen MR) is 113 cm³/mol. The molecule has 0 amide bonds. The Morgan fingerprint density at radius 1 is 0.852 bits per heavy atom. The largest absolute Gasteiger partial charge is 0.456 e. The number of nitrogens with zero attached hydrogens (tertiary/aromatic N) is 2. The van der Waals surface area contributed by atoms with Crippen LogP contribution in [0.25, 0.3) is 22.3 Å². The van der Waals surface area contributed by atoms with Gasteiger partial charge in [-0.3, -0.25) is 0 Å². The number of hydrogen-bond acceptors (Lipinski definition) is 4. The number of fused-ring (bicyclic) bond motifs is 1. The van der Waals surface area contributed by atoms with Gasteiger partial charge in [-0.2, -0.15) is 0 Å². The number of benzene rings is 3. The fourth-order valence-electron chi connectivity index (χ4n) is 2.59. The van der Waals surface area contributed by atoms with E-state index in [2.05, 4.69) is 9.97 Å². The fraction of sp³-hybridized carbons (Fsp3) is 0. The maximum Gasteiger partial charge on any atom is 0.162 e. The smallest absolute Gasteiger partial charge is 0.162 e. The van der Waals surface area contributed by atoms with Gasteiger partial charge in [-0.15, -0.1) is 12.4 Å². The van der Waals surface area contributed by atoms with E-state index in [1.807, 2.05) is 48.5 Å². The average molecular weight is 419 g/mol. The van der Waals surface area contributed by atoms with Crippen LogP contribution < -0.4 is 10.5 Å². The normalized spacial score (nSPS) is 10.4. The SMILES string of the molecule is Cl.Nc1nc(-c2ccc(Oc3ccc(Cl)cc3Cl)cc2)nc2ccccc12. The molecule has 7 heteroatoms. The molecule has 1 heterocycles. The van der Waals surface area contributed by atoms with Crippen LogP contribution in [0.1, 0.15) is 0 Å². The van der Waals surface area contributed by atoms with Crippen molar-refractivity contribution in [3.05, 3.63) is 76.8 Å². The van der Waals surface area contributed by atoms with Gasteiger partial charge in [0, 0.05) is 16.0 Å². The van der Waals surface area contributed by atoms with Gasteiger partial charge in [-0.05, 0) is 54.6 Å². The van der Waals surface area contributed by atoms with Crippen molar-refractivity contribution in [1.29, 1.82) is 0 Å². The zero-order valence-corrected chi connectivity index (χ0v) is 16.2. The zero-order chi connectivity index (χ0) is 18.1. The van der Waals surface area contributed by atoms with Gasteiger partial charge in [0.05, 0.1) is 10.5 Å². The van der Waals surface area contributed by atoms with Crippen molar-refractivity contribution in [2.24, 2.45) is 0 Å². The minimum Gasteiger partial charge on any atom is -0.456 e. The summed E-state index contributed by atoms with van der Waals surface area (Å²) in [6.07, 6.45) is 0. The van der Waals surface area contributed by atoms with Gasteiger partial charge >= 0.3 is 0 Å². The van der Waals surface area contributed by atoms with E-state index < -0.39 is 0 Å². The molecule has 0 radical (unpaired) electrons. The van der Waals surface area contributed by atoms with Crippen molar-refractivity contribution in [3.63, 3.8) is 0 Å². The number of ether oxygens (including phenoxy) is 1. The first-order chi connectivity index (χ1) is 12.6. The average Bonchev–Trinajstić information content (AvgIpc) is 2.65. The van der Waals surface area contributed by atoms with E-state index in [-0.39, 0.29) is 12.4 Å². The first kappa shape index (κ1) is 19.2. The highest BCUT2D eigenvalue weighted by Gasteiger charge is 2.08. The molecule has 0 aliphatic carbocycles. The van der Waals surface area contributed by atoms with E-state index in [1.165, 1.54) is 0 Å². The highest BCUT2D eigenvalue weighted by atomic mass is 35.5. The Morgan fingerprint density at radius 3 is 2.33 bits per heavy atom. The second-order valence-electron chi connectivity index (χ2n) is 5.65. The molecule has 0 bridgehead atoms. The Hall–Kier alpha value is -2.53. The molecule has 3 aromatic carbocycles. The topological polar surface area (TPSA) is 61.0 Å². The van der Waals surface area contributed by atoms with Crippen molar-refractivity contribution >= 4 is 52.3 Å². The summed E-state index contributed by atoms with van der Waals surface area (Å²) < 4.78 is 5.79. The first-order valence-corrected chi connectivity index (χ1v) is 8.61. The summed E-state index contributed by atoms with van der Waals surface area (Å²) >= 11 is 12.0. The predicted octanol–water partition coefficient (Wildman–Crippen LogP) is 6.40. The summed E-state index contributed by atoms with van der Waals surface area (Å²) in [5.41, 5.74) is 7.71. The highest BCUT2D eigenvalue weighted by Crippen LogP contribution is 2.32. The van der Waals surface area contributed by atoms with Crippen LogP contribution in [0.15, 0.2) is 66.7 Å². The number of halogens is 3. The Balaban J connectivity index is 0.00000210. The second kappa shape index (κ2) is 8.01. The molecule has 2 N–H and O–H groups in total. The molecular formula is C20H14Cl3N3O. The first-order valence-electron chi connectivity index (χ1n) is 7.86. The van der Waals surface area contributed by atoms with E-state index in [4.69, 9.17) is 33.7 Å². The van der Waals surface area contributed by atoms with Crippen molar-refractivity contribution in [3.8, 4) is 22.9 Å². The Bertz CT molecular complexity index is 1100. The van der Waals surface area contributed by atoms with Crippen LogP contribution in [0.3, 0.4) is 0 Å². The molecule has 4 rings (SSSR count). The number of aromatic nitrogens is 2. The molecule has 0 aliphatic heterocycles. The second-order valence-corrected chi connectivity index (χ2v) is 6.49. The lowest BCUT2D eigenvalue weighted by Gasteiger charge is -2.09. The molecule has 0 fully saturated rings. The van der Waals surface area contributed by atoms with Gasteiger partial charge in [0.15, 0.2) is 5.82 Å². The Labute approximate surface area is 172 Å². The standard InChI is InChI=1S/C20H13Cl2N3O.ClH/c21-13-7-10-18(16(22)11-13)26-14-8-5-12(6-9-14)20-24-17-4-2-1-3-15(17)19(23)25-20;/h1-11H,(H2,23,24,25);1H. The van der Waals surface area contributed by atoms with Crippen LogP contribution in [0.2, 0.25) is 10.0 Å². The number of rotatable bonds is 3. The van der Waals surface area contributed by atoms with Crippen LogP contribution >= 0.6 is 35.6 Å².